The molecule has 28 heavy (non-hydrogen) atoms. The summed E-state index contributed by atoms with van der Waals surface area (Å²) in [5.41, 5.74) is 2.21. The van der Waals surface area contributed by atoms with E-state index in [1.165, 1.54) is 12.5 Å². The Morgan fingerprint density at radius 3 is 2.43 bits per heavy atom. The van der Waals surface area contributed by atoms with Gasteiger partial charge in [-0.05, 0) is 43.7 Å². The molecule has 0 saturated carbocycles. The molecule has 2 aromatic rings. The second-order valence-corrected chi connectivity index (χ2v) is 8.69. The van der Waals surface area contributed by atoms with Gasteiger partial charge < -0.3 is 15.0 Å². The van der Waals surface area contributed by atoms with Crippen molar-refractivity contribution in [2.24, 2.45) is 0 Å². The van der Waals surface area contributed by atoms with Crippen molar-refractivity contribution >= 4 is 27.5 Å². The first-order chi connectivity index (χ1) is 13.4. The van der Waals surface area contributed by atoms with E-state index in [1.807, 2.05) is 42.5 Å². The molecule has 150 valence electrons. The zero-order valence-electron chi connectivity index (χ0n) is 16.4. The molecule has 0 aromatic heterocycles. The lowest BCUT2D eigenvalue weighted by atomic mass is 10.1. The first-order valence-electron chi connectivity index (χ1n) is 9.31. The van der Waals surface area contributed by atoms with Gasteiger partial charge in [0.15, 0.2) is 0 Å². The van der Waals surface area contributed by atoms with Crippen LogP contribution in [-0.2, 0) is 10.0 Å². The van der Waals surface area contributed by atoms with Gasteiger partial charge in [-0.2, -0.15) is 0 Å². The van der Waals surface area contributed by atoms with Crippen LogP contribution in [0.1, 0.15) is 19.4 Å². The number of piperazine rings is 1. The van der Waals surface area contributed by atoms with Crippen LogP contribution in [-0.4, -0.2) is 40.7 Å². The number of nitrogens with one attached hydrogen (secondary N) is 2. The summed E-state index contributed by atoms with van der Waals surface area (Å²) in [6.45, 7) is 6.00. The largest absolute Gasteiger partial charge is 0.495 e. The molecule has 1 fully saturated rings. The second-order valence-electron chi connectivity index (χ2n) is 7.12. The predicted octanol–water partition coefficient (Wildman–Crippen LogP) is 3.29. The van der Waals surface area contributed by atoms with E-state index < -0.39 is 10.0 Å². The average Bonchev–Trinajstić information content (AvgIpc) is 2.66. The summed E-state index contributed by atoms with van der Waals surface area (Å²) in [5.74, 6) is 0.483. The Bertz CT molecular complexity index is 919. The minimum Gasteiger partial charge on any atom is -0.495 e. The van der Waals surface area contributed by atoms with E-state index in [0.29, 0.717) is 23.5 Å². The molecule has 1 aliphatic rings. The quantitative estimate of drug-likeness (QED) is 0.777. The van der Waals surface area contributed by atoms with Crippen LogP contribution >= 0.6 is 0 Å². The molecular formula is C21H27N3O3S. The van der Waals surface area contributed by atoms with Gasteiger partial charge in [-0.3, -0.25) is 4.72 Å². The van der Waals surface area contributed by atoms with Crippen LogP contribution in [0.5, 0.6) is 5.75 Å². The van der Waals surface area contributed by atoms with Crippen molar-refractivity contribution in [1.82, 2.24) is 5.32 Å². The molecule has 2 N–H and O–H groups in total. The molecule has 0 spiro atoms. The van der Waals surface area contributed by atoms with Crippen molar-refractivity contribution in [3.05, 3.63) is 59.5 Å². The number of anilines is 2. The molecule has 1 saturated heterocycles. The summed E-state index contributed by atoms with van der Waals surface area (Å²) < 4.78 is 33.1. The lowest BCUT2D eigenvalue weighted by Crippen LogP contribution is -2.54. The minimum atomic E-state index is -3.68. The lowest BCUT2D eigenvalue weighted by Gasteiger charge is -2.37. The molecule has 7 heteroatoms. The van der Waals surface area contributed by atoms with E-state index in [-0.39, 0.29) is 0 Å². The van der Waals surface area contributed by atoms with E-state index in [2.05, 4.69) is 28.8 Å². The fourth-order valence-electron chi connectivity index (χ4n) is 3.43. The van der Waals surface area contributed by atoms with Crippen LogP contribution in [0.4, 0.5) is 11.4 Å². The smallest absolute Gasteiger partial charge is 0.255 e. The lowest BCUT2D eigenvalue weighted by molar-refractivity contribution is 0.406. The van der Waals surface area contributed by atoms with Crippen molar-refractivity contribution in [1.29, 1.82) is 0 Å². The van der Waals surface area contributed by atoms with Gasteiger partial charge in [0.2, 0.25) is 0 Å². The van der Waals surface area contributed by atoms with Crippen molar-refractivity contribution in [2.45, 2.75) is 25.9 Å². The maximum atomic E-state index is 12.6. The molecular weight excluding hydrogens is 374 g/mol. The van der Waals surface area contributed by atoms with Gasteiger partial charge in [0.1, 0.15) is 5.75 Å². The van der Waals surface area contributed by atoms with Crippen LogP contribution in [0.25, 0.3) is 6.08 Å². The number of rotatable bonds is 6. The van der Waals surface area contributed by atoms with E-state index in [0.717, 1.165) is 24.3 Å². The summed E-state index contributed by atoms with van der Waals surface area (Å²) in [4.78, 5) is 2.25. The van der Waals surface area contributed by atoms with E-state index >= 15 is 0 Å². The number of hydrogen-bond acceptors (Lipinski definition) is 5. The van der Waals surface area contributed by atoms with Gasteiger partial charge in [-0.15, -0.1) is 0 Å². The first kappa shape index (κ1) is 20.2. The number of hydrogen-bond donors (Lipinski definition) is 2. The molecule has 3 rings (SSSR count). The van der Waals surface area contributed by atoms with E-state index in [1.54, 1.807) is 12.1 Å². The predicted molar refractivity (Wildman–Crippen MR) is 115 cm³/mol. The van der Waals surface area contributed by atoms with Gasteiger partial charge >= 0.3 is 0 Å². The van der Waals surface area contributed by atoms with Crippen molar-refractivity contribution in [2.75, 3.05) is 29.8 Å². The molecule has 0 bridgehead atoms. The molecule has 1 heterocycles. The number of benzene rings is 2. The molecule has 0 radical (unpaired) electrons. The fraction of sp³-hybridized carbons (Fsp3) is 0.333. The third-order valence-corrected chi connectivity index (χ3v) is 5.60. The number of sulfonamides is 1. The van der Waals surface area contributed by atoms with Gasteiger partial charge in [0.05, 0.1) is 18.2 Å². The molecule has 0 amide bonds. The third-order valence-electron chi connectivity index (χ3n) is 4.60. The van der Waals surface area contributed by atoms with Crippen LogP contribution in [0.2, 0.25) is 0 Å². The summed E-state index contributed by atoms with van der Waals surface area (Å²) in [5, 5.41) is 4.67. The highest BCUT2D eigenvalue weighted by Crippen LogP contribution is 2.31. The number of ether oxygens (including phenoxy) is 1. The Labute approximate surface area is 167 Å². The van der Waals surface area contributed by atoms with Crippen molar-refractivity contribution < 1.29 is 13.2 Å². The highest BCUT2D eigenvalue weighted by Gasteiger charge is 2.22. The Morgan fingerprint density at radius 1 is 1.11 bits per heavy atom. The Kier molecular flexibility index (Phi) is 6.26. The third kappa shape index (κ3) is 5.27. The van der Waals surface area contributed by atoms with Crippen LogP contribution in [0.3, 0.4) is 0 Å². The summed E-state index contributed by atoms with van der Waals surface area (Å²) in [7, 11) is -2.15. The molecule has 2 aromatic carbocycles. The number of nitrogens with zero attached hydrogens (tertiary/aromatic N) is 1. The average molecular weight is 402 g/mol. The number of methoxy groups -OCH3 is 1. The SMILES string of the molecule is COc1ccc(N2C[C@@H](C)N[C@@H](C)C2)cc1NS(=O)(=O)C=Cc1ccccc1. The van der Waals surface area contributed by atoms with E-state index in [4.69, 9.17) is 4.74 Å². The zero-order chi connectivity index (χ0) is 20.1. The van der Waals surface area contributed by atoms with Gasteiger partial charge in [0, 0.05) is 30.9 Å². The van der Waals surface area contributed by atoms with Crippen LogP contribution in [0.15, 0.2) is 53.9 Å². The van der Waals surface area contributed by atoms with E-state index in [9.17, 15) is 8.42 Å². The monoisotopic (exact) mass is 401 g/mol. The molecule has 0 aliphatic carbocycles. The first-order valence-corrected chi connectivity index (χ1v) is 10.9. The van der Waals surface area contributed by atoms with Crippen molar-refractivity contribution in [3.63, 3.8) is 0 Å². The molecule has 1 aliphatic heterocycles. The molecule has 2 atom stereocenters. The molecule has 0 unspecified atom stereocenters. The maximum Gasteiger partial charge on any atom is 0.255 e. The van der Waals surface area contributed by atoms with Gasteiger partial charge in [-0.1, -0.05) is 30.3 Å². The Balaban J connectivity index is 1.83. The standard InChI is InChI=1S/C21H27N3O3S/c1-16-14-24(15-17(2)22-16)19-9-10-21(27-3)20(13-19)23-28(25,26)12-11-18-7-5-4-6-8-18/h4-13,16-17,22-23H,14-15H2,1-3H3/t16-,17+. The maximum absolute atomic E-state index is 12.6. The summed E-state index contributed by atoms with van der Waals surface area (Å²) >= 11 is 0. The highest BCUT2D eigenvalue weighted by molar-refractivity contribution is 7.95. The van der Waals surface area contributed by atoms with Gasteiger partial charge in [-0.25, -0.2) is 8.42 Å². The van der Waals surface area contributed by atoms with Crippen LogP contribution < -0.4 is 19.7 Å². The minimum absolute atomic E-state index is 0.361. The Hall–Kier alpha value is -2.51. The molecule has 6 nitrogen and oxygen atoms in total. The van der Waals surface area contributed by atoms with Gasteiger partial charge in [0.25, 0.3) is 10.0 Å². The summed E-state index contributed by atoms with van der Waals surface area (Å²) in [6.07, 6.45) is 1.57. The topological polar surface area (TPSA) is 70.7 Å². The highest BCUT2D eigenvalue weighted by atomic mass is 32.2. The second kappa shape index (κ2) is 8.67. The normalized spacial score (nSPS) is 20.3. The van der Waals surface area contributed by atoms with Crippen LogP contribution in [0, 0.1) is 0 Å². The van der Waals surface area contributed by atoms with Crippen molar-refractivity contribution in [3.8, 4) is 5.75 Å². The summed E-state index contributed by atoms with van der Waals surface area (Å²) in [6, 6.07) is 15.6. The Morgan fingerprint density at radius 2 is 1.79 bits per heavy atom. The zero-order valence-corrected chi connectivity index (χ0v) is 17.2. The fourth-order valence-corrected chi connectivity index (χ4v) is 4.30.